The predicted octanol–water partition coefficient (Wildman–Crippen LogP) is 4.68. The van der Waals surface area contributed by atoms with Gasteiger partial charge in [0, 0.05) is 10.1 Å². The van der Waals surface area contributed by atoms with Gasteiger partial charge in [0.05, 0.1) is 0 Å². The molecule has 0 aliphatic heterocycles. The Hall–Kier alpha value is -1.60. The number of hydrogen-bond donors (Lipinski definition) is 0. The molecule has 0 unspecified atom stereocenters. The number of hydrogen-bond acceptors (Lipinski definition) is 1. The Morgan fingerprint density at radius 1 is 0.938 bits per heavy atom. The van der Waals surface area contributed by atoms with E-state index in [2.05, 4.69) is 54.8 Å². The van der Waals surface area contributed by atoms with Crippen LogP contribution in [0.1, 0.15) is 5.56 Å². The molecule has 0 aliphatic carbocycles. The summed E-state index contributed by atoms with van der Waals surface area (Å²) in [6.45, 7) is 2.11. The van der Waals surface area contributed by atoms with Crippen molar-refractivity contribution in [1.29, 1.82) is 0 Å². The predicted molar refractivity (Wildman–Crippen MR) is 70.8 cm³/mol. The smallest absolute Gasteiger partial charge is 0.0487 e. The van der Waals surface area contributed by atoms with E-state index in [0.717, 1.165) is 0 Å². The molecule has 16 heavy (non-hydrogen) atoms. The van der Waals surface area contributed by atoms with Crippen LogP contribution >= 0.6 is 11.3 Å². The molecule has 1 heteroatoms. The first-order valence-corrected chi connectivity index (χ1v) is 6.12. The number of fused-ring (bicyclic) bond motifs is 1. The van der Waals surface area contributed by atoms with Gasteiger partial charge in [-0.1, -0.05) is 42.5 Å². The Labute approximate surface area is 99.2 Å². The van der Waals surface area contributed by atoms with Crippen molar-refractivity contribution < 1.29 is 0 Å². The topological polar surface area (TPSA) is 0 Å². The van der Waals surface area contributed by atoms with Crippen LogP contribution in [0.25, 0.3) is 21.2 Å². The molecule has 3 aromatic rings. The van der Waals surface area contributed by atoms with Crippen molar-refractivity contribution in [1.82, 2.24) is 0 Å². The van der Waals surface area contributed by atoms with Crippen molar-refractivity contribution in [2.24, 2.45) is 0 Å². The normalized spacial score (nSPS) is 10.8. The van der Waals surface area contributed by atoms with E-state index in [1.807, 2.05) is 6.07 Å². The molecule has 0 atom stereocenters. The molecule has 0 nitrogen and oxygen atoms in total. The molecule has 0 fully saturated rings. The Balaban J connectivity index is 2.19. The van der Waals surface area contributed by atoms with Crippen LogP contribution in [-0.2, 0) is 0 Å². The van der Waals surface area contributed by atoms with Crippen LogP contribution in [0.15, 0.2) is 48.5 Å². The Morgan fingerprint density at radius 2 is 1.75 bits per heavy atom. The fourth-order valence-corrected chi connectivity index (χ4v) is 2.80. The molecule has 1 radical (unpaired) electrons. The summed E-state index contributed by atoms with van der Waals surface area (Å²) in [6.07, 6.45) is 0. The Kier molecular flexibility index (Phi) is 2.26. The van der Waals surface area contributed by atoms with Gasteiger partial charge in [-0.15, -0.1) is 11.3 Å². The lowest BCUT2D eigenvalue weighted by Gasteiger charge is -2.01. The summed E-state index contributed by atoms with van der Waals surface area (Å²) in [4.78, 5) is 0. The van der Waals surface area contributed by atoms with Crippen molar-refractivity contribution in [2.75, 3.05) is 0 Å². The fourth-order valence-electron chi connectivity index (χ4n) is 1.91. The van der Waals surface area contributed by atoms with E-state index in [0.29, 0.717) is 0 Å². The number of thiophene rings is 1. The third-order valence-electron chi connectivity index (χ3n) is 2.81. The Morgan fingerprint density at radius 3 is 2.56 bits per heavy atom. The lowest BCUT2D eigenvalue weighted by atomic mass is 10.0. The largest absolute Gasteiger partial charge is 0.134 e. The SMILES string of the molecule is Cc1[c]sc2cc(-c3ccccc3)ccc12. The van der Waals surface area contributed by atoms with Crippen LogP contribution in [0.3, 0.4) is 0 Å². The van der Waals surface area contributed by atoms with Crippen LogP contribution in [0.4, 0.5) is 0 Å². The van der Waals surface area contributed by atoms with Crippen molar-refractivity contribution in [3.05, 3.63) is 59.5 Å². The second kappa shape index (κ2) is 3.76. The van der Waals surface area contributed by atoms with Gasteiger partial charge in [-0.05, 0) is 35.1 Å². The molecule has 0 N–H and O–H groups in total. The van der Waals surface area contributed by atoms with Crippen LogP contribution in [0.5, 0.6) is 0 Å². The molecule has 77 valence electrons. The lowest BCUT2D eigenvalue weighted by molar-refractivity contribution is 1.58. The minimum absolute atomic E-state index is 1.25. The maximum absolute atomic E-state index is 3.30. The van der Waals surface area contributed by atoms with Crippen LogP contribution in [0.2, 0.25) is 0 Å². The molecule has 2 aromatic carbocycles. The molecule has 0 aliphatic rings. The van der Waals surface area contributed by atoms with Gasteiger partial charge < -0.3 is 0 Å². The standard InChI is InChI=1S/C15H11S/c1-11-10-16-15-9-13(7-8-14(11)15)12-5-3-2-4-6-12/h2-9H,1H3. The van der Waals surface area contributed by atoms with E-state index in [4.69, 9.17) is 0 Å². The maximum Gasteiger partial charge on any atom is 0.0487 e. The summed E-state index contributed by atoms with van der Waals surface area (Å²) >= 11 is 1.70. The van der Waals surface area contributed by atoms with Gasteiger partial charge in [-0.2, -0.15) is 0 Å². The van der Waals surface area contributed by atoms with E-state index in [9.17, 15) is 0 Å². The Bertz CT molecular complexity index is 620. The van der Waals surface area contributed by atoms with Gasteiger partial charge in [0.25, 0.3) is 0 Å². The van der Waals surface area contributed by atoms with Crippen LogP contribution in [0, 0.1) is 12.3 Å². The highest BCUT2D eigenvalue weighted by atomic mass is 32.1. The highest BCUT2D eigenvalue weighted by molar-refractivity contribution is 7.16. The van der Waals surface area contributed by atoms with Crippen molar-refractivity contribution in [3.63, 3.8) is 0 Å². The quantitative estimate of drug-likeness (QED) is 0.562. The van der Waals surface area contributed by atoms with E-state index in [-0.39, 0.29) is 0 Å². The van der Waals surface area contributed by atoms with Crippen molar-refractivity contribution >= 4 is 21.4 Å². The zero-order valence-corrected chi connectivity index (χ0v) is 9.84. The molecule has 0 saturated carbocycles. The van der Waals surface area contributed by atoms with Gasteiger partial charge in [0.2, 0.25) is 0 Å². The molecule has 1 heterocycles. The van der Waals surface area contributed by atoms with Gasteiger partial charge in [-0.25, -0.2) is 0 Å². The minimum Gasteiger partial charge on any atom is -0.134 e. The molecular formula is C15H11S. The molecule has 0 bridgehead atoms. The van der Waals surface area contributed by atoms with Gasteiger partial charge in [-0.3, -0.25) is 0 Å². The molecular weight excluding hydrogens is 212 g/mol. The highest BCUT2D eigenvalue weighted by Gasteiger charge is 2.02. The lowest BCUT2D eigenvalue weighted by Crippen LogP contribution is -1.76. The van der Waals surface area contributed by atoms with E-state index in [1.165, 1.54) is 26.8 Å². The molecule has 0 spiro atoms. The van der Waals surface area contributed by atoms with Gasteiger partial charge in [0.1, 0.15) is 0 Å². The molecule has 3 rings (SSSR count). The van der Waals surface area contributed by atoms with E-state index in [1.54, 1.807) is 11.3 Å². The van der Waals surface area contributed by atoms with Crippen LogP contribution in [-0.4, -0.2) is 0 Å². The summed E-state index contributed by atoms with van der Waals surface area (Å²) in [5, 5.41) is 4.62. The molecule has 0 saturated heterocycles. The third-order valence-corrected chi connectivity index (χ3v) is 3.77. The number of benzene rings is 2. The monoisotopic (exact) mass is 223 g/mol. The summed E-state index contributed by atoms with van der Waals surface area (Å²) < 4.78 is 1.32. The number of aryl methyl sites for hydroxylation is 1. The average molecular weight is 223 g/mol. The zero-order chi connectivity index (χ0) is 11.0. The average Bonchev–Trinajstić information content (AvgIpc) is 2.72. The molecule has 0 amide bonds. The number of rotatable bonds is 1. The maximum atomic E-state index is 3.30. The van der Waals surface area contributed by atoms with Gasteiger partial charge in [0.15, 0.2) is 0 Å². The van der Waals surface area contributed by atoms with Crippen molar-refractivity contribution in [3.8, 4) is 11.1 Å². The first kappa shape index (κ1) is 9.61. The molecule has 1 aromatic heterocycles. The summed E-state index contributed by atoms with van der Waals surface area (Å²) in [7, 11) is 0. The fraction of sp³-hybridized carbons (Fsp3) is 0.0667. The summed E-state index contributed by atoms with van der Waals surface area (Å²) in [5.41, 5.74) is 3.80. The second-order valence-corrected chi connectivity index (χ2v) is 4.75. The second-order valence-electron chi connectivity index (χ2n) is 3.91. The highest BCUT2D eigenvalue weighted by Crippen LogP contribution is 2.29. The zero-order valence-electron chi connectivity index (χ0n) is 9.03. The van der Waals surface area contributed by atoms with Gasteiger partial charge >= 0.3 is 0 Å². The minimum atomic E-state index is 1.25. The first-order chi connectivity index (χ1) is 7.84. The first-order valence-electron chi connectivity index (χ1n) is 5.31. The third kappa shape index (κ3) is 1.54. The summed E-state index contributed by atoms with van der Waals surface area (Å²) in [5.74, 6) is 0. The van der Waals surface area contributed by atoms with Crippen LogP contribution < -0.4 is 0 Å². The van der Waals surface area contributed by atoms with E-state index >= 15 is 0 Å². The van der Waals surface area contributed by atoms with Crippen molar-refractivity contribution in [2.45, 2.75) is 6.92 Å². The van der Waals surface area contributed by atoms with E-state index < -0.39 is 0 Å². The summed E-state index contributed by atoms with van der Waals surface area (Å²) in [6, 6.07) is 17.1.